The van der Waals surface area contributed by atoms with Crippen LogP contribution in [-0.4, -0.2) is 32.4 Å². The Bertz CT molecular complexity index is 375. The van der Waals surface area contributed by atoms with Crippen LogP contribution in [0.15, 0.2) is 18.2 Å². The summed E-state index contributed by atoms with van der Waals surface area (Å²) in [5.41, 5.74) is 0.269. The lowest BCUT2D eigenvalue weighted by molar-refractivity contribution is -0.152. The molecule has 0 aromatic heterocycles. The van der Waals surface area contributed by atoms with Gasteiger partial charge in [0.25, 0.3) is 0 Å². The minimum Gasteiger partial charge on any atom is -0.485 e. The van der Waals surface area contributed by atoms with Gasteiger partial charge in [0.15, 0.2) is 17.9 Å². The topological polar surface area (TPSA) is 44.8 Å². The van der Waals surface area contributed by atoms with Crippen molar-refractivity contribution in [2.45, 2.75) is 20.1 Å². The van der Waals surface area contributed by atoms with E-state index in [9.17, 15) is 9.18 Å². The molecule has 0 saturated heterocycles. The fourth-order valence-electron chi connectivity index (χ4n) is 1.38. The summed E-state index contributed by atoms with van der Waals surface area (Å²) in [6.45, 7) is 4.75. The van der Waals surface area contributed by atoms with Gasteiger partial charge in [-0.2, -0.15) is 0 Å². The summed E-state index contributed by atoms with van der Waals surface area (Å²) >= 11 is 0. The molecule has 0 saturated carbocycles. The van der Waals surface area contributed by atoms with E-state index in [2.05, 4.69) is 0 Å². The number of benzene rings is 1. The van der Waals surface area contributed by atoms with Crippen LogP contribution >= 0.6 is 0 Å². The smallest absolute Gasteiger partial charge is 0.191 e. The molecular formula is C13H17FO4. The summed E-state index contributed by atoms with van der Waals surface area (Å²) in [5.74, 6) is -0.503. The minimum absolute atomic E-state index is 0.0741. The highest BCUT2D eigenvalue weighted by atomic mass is 19.1. The molecule has 0 unspecified atom stereocenters. The van der Waals surface area contributed by atoms with Crippen molar-refractivity contribution in [1.82, 2.24) is 0 Å². The van der Waals surface area contributed by atoms with Crippen LogP contribution in [0.25, 0.3) is 0 Å². The van der Waals surface area contributed by atoms with E-state index in [1.807, 2.05) is 13.8 Å². The number of carbonyl (C=O) groups excluding carboxylic acids is 1. The Morgan fingerprint density at radius 1 is 1.28 bits per heavy atom. The first-order valence-electron chi connectivity index (χ1n) is 5.82. The number of aldehydes is 1. The normalized spacial score (nSPS) is 10.7. The lowest BCUT2D eigenvalue weighted by Gasteiger charge is -2.17. The van der Waals surface area contributed by atoms with E-state index in [1.165, 1.54) is 12.1 Å². The predicted molar refractivity (Wildman–Crippen MR) is 64.3 cm³/mol. The third-order valence-corrected chi connectivity index (χ3v) is 2.17. The summed E-state index contributed by atoms with van der Waals surface area (Å²) in [6, 6.07) is 4.02. The van der Waals surface area contributed by atoms with E-state index in [0.717, 1.165) is 6.07 Å². The summed E-state index contributed by atoms with van der Waals surface area (Å²) in [6.07, 6.45) is 0.0564. The lowest BCUT2D eigenvalue weighted by Crippen LogP contribution is -2.25. The molecule has 0 aliphatic heterocycles. The average Bonchev–Trinajstić information content (AvgIpc) is 2.37. The molecule has 0 N–H and O–H groups in total. The molecule has 0 bridgehead atoms. The van der Waals surface area contributed by atoms with E-state index < -0.39 is 12.1 Å². The molecule has 1 aromatic carbocycles. The summed E-state index contributed by atoms with van der Waals surface area (Å²) in [5, 5.41) is 0. The molecule has 0 aliphatic rings. The molecule has 5 heteroatoms. The first-order valence-corrected chi connectivity index (χ1v) is 5.82. The minimum atomic E-state index is -0.577. The fraction of sp³-hybridized carbons (Fsp3) is 0.462. The maximum atomic E-state index is 13.5. The van der Waals surface area contributed by atoms with Crippen LogP contribution in [0.4, 0.5) is 4.39 Å². The molecule has 1 rings (SSSR count). The highest BCUT2D eigenvalue weighted by Gasteiger charge is 2.11. The van der Waals surface area contributed by atoms with Gasteiger partial charge in [0.2, 0.25) is 0 Å². The zero-order chi connectivity index (χ0) is 13.4. The number of ether oxygens (including phenoxy) is 3. The summed E-state index contributed by atoms with van der Waals surface area (Å²) in [4.78, 5) is 10.5. The highest BCUT2D eigenvalue weighted by Crippen LogP contribution is 2.18. The first kappa shape index (κ1) is 14.6. The number of hydrogen-bond donors (Lipinski definition) is 0. The summed E-state index contributed by atoms with van der Waals surface area (Å²) < 4.78 is 29.3. The Kier molecular flexibility index (Phi) is 6.32. The molecule has 0 spiro atoms. The van der Waals surface area contributed by atoms with Crippen LogP contribution in [0.5, 0.6) is 5.75 Å². The SMILES string of the molecule is CCOC(COc1ccc(C=O)cc1F)OCC. The molecule has 0 fully saturated rings. The molecule has 18 heavy (non-hydrogen) atoms. The van der Waals surface area contributed by atoms with Crippen molar-refractivity contribution in [1.29, 1.82) is 0 Å². The van der Waals surface area contributed by atoms with Crippen LogP contribution in [-0.2, 0) is 9.47 Å². The van der Waals surface area contributed by atoms with Crippen LogP contribution in [0.1, 0.15) is 24.2 Å². The monoisotopic (exact) mass is 256 g/mol. The van der Waals surface area contributed by atoms with Gasteiger partial charge in [-0.3, -0.25) is 4.79 Å². The standard InChI is InChI=1S/C13H17FO4/c1-3-16-13(17-4-2)9-18-12-6-5-10(8-15)7-11(12)14/h5-8,13H,3-4,9H2,1-2H3. The van der Waals surface area contributed by atoms with Crippen molar-refractivity contribution >= 4 is 6.29 Å². The Morgan fingerprint density at radius 2 is 1.94 bits per heavy atom. The molecule has 0 amide bonds. The molecule has 0 aliphatic carbocycles. The molecule has 0 radical (unpaired) electrons. The van der Waals surface area contributed by atoms with Crippen molar-refractivity contribution in [3.05, 3.63) is 29.6 Å². The number of halogens is 1. The van der Waals surface area contributed by atoms with E-state index in [-0.39, 0.29) is 17.9 Å². The lowest BCUT2D eigenvalue weighted by atomic mass is 10.2. The van der Waals surface area contributed by atoms with E-state index in [4.69, 9.17) is 14.2 Å². The Balaban J connectivity index is 2.58. The zero-order valence-corrected chi connectivity index (χ0v) is 10.5. The molecule has 0 atom stereocenters. The van der Waals surface area contributed by atoms with Gasteiger partial charge in [-0.1, -0.05) is 0 Å². The third kappa shape index (κ3) is 4.43. The molecule has 4 nitrogen and oxygen atoms in total. The van der Waals surface area contributed by atoms with Gasteiger partial charge < -0.3 is 14.2 Å². The van der Waals surface area contributed by atoms with Gasteiger partial charge in [0.05, 0.1) is 0 Å². The molecule has 1 aromatic rings. The Hall–Kier alpha value is -1.46. The Morgan fingerprint density at radius 3 is 2.44 bits per heavy atom. The van der Waals surface area contributed by atoms with Gasteiger partial charge in [-0.15, -0.1) is 0 Å². The quantitative estimate of drug-likeness (QED) is 0.529. The largest absolute Gasteiger partial charge is 0.485 e. The van der Waals surface area contributed by atoms with Gasteiger partial charge in [-0.25, -0.2) is 4.39 Å². The molecular weight excluding hydrogens is 239 g/mol. The maximum absolute atomic E-state index is 13.5. The second kappa shape index (κ2) is 7.79. The number of carbonyl (C=O) groups is 1. The zero-order valence-electron chi connectivity index (χ0n) is 10.5. The third-order valence-electron chi connectivity index (χ3n) is 2.17. The number of hydrogen-bond acceptors (Lipinski definition) is 4. The van der Waals surface area contributed by atoms with Crippen molar-refractivity contribution in [3.63, 3.8) is 0 Å². The van der Waals surface area contributed by atoms with E-state index in [0.29, 0.717) is 19.5 Å². The van der Waals surface area contributed by atoms with Gasteiger partial charge in [0.1, 0.15) is 12.9 Å². The Labute approximate surface area is 106 Å². The number of rotatable bonds is 8. The van der Waals surface area contributed by atoms with Crippen molar-refractivity contribution in [2.75, 3.05) is 19.8 Å². The maximum Gasteiger partial charge on any atom is 0.191 e. The van der Waals surface area contributed by atoms with Crippen molar-refractivity contribution in [2.24, 2.45) is 0 Å². The van der Waals surface area contributed by atoms with Crippen LogP contribution in [0, 0.1) is 5.82 Å². The van der Waals surface area contributed by atoms with Gasteiger partial charge in [0, 0.05) is 18.8 Å². The van der Waals surface area contributed by atoms with Gasteiger partial charge >= 0.3 is 0 Å². The van der Waals surface area contributed by atoms with E-state index in [1.54, 1.807) is 0 Å². The highest BCUT2D eigenvalue weighted by molar-refractivity contribution is 5.74. The molecule has 0 heterocycles. The molecule has 100 valence electrons. The summed E-state index contributed by atoms with van der Waals surface area (Å²) in [7, 11) is 0. The first-order chi connectivity index (χ1) is 8.71. The average molecular weight is 256 g/mol. The van der Waals surface area contributed by atoms with Crippen molar-refractivity contribution < 1.29 is 23.4 Å². The second-order valence-electron chi connectivity index (χ2n) is 3.46. The fourth-order valence-corrected chi connectivity index (χ4v) is 1.38. The van der Waals surface area contributed by atoms with Crippen LogP contribution < -0.4 is 4.74 Å². The predicted octanol–water partition coefficient (Wildman–Crippen LogP) is 2.42. The van der Waals surface area contributed by atoms with Crippen LogP contribution in [0.2, 0.25) is 0 Å². The second-order valence-corrected chi connectivity index (χ2v) is 3.46. The van der Waals surface area contributed by atoms with E-state index >= 15 is 0 Å². The van der Waals surface area contributed by atoms with Gasteiger partial charge in [-0.05, 0) is 32.0 Å². The van der Waals surface area contributed by atoms with Crippen LogP contribution in [0.3, 0.4) is 0 Å². The van der Waals surface area contributed by atoms with Crippen molar-refractivity contribution in [3.8, 4) is 5.75 Å².